The number of benzene rings is 1. The van der Waals surface area contributed by atoms with Crippen molar-refractivity contribution in [3.63, 3.8) is 0 Å². The first-order valence-corrected chi connectivity index (χ1v) is 7.18. The maximum atomic E-state index is 5.69. The van der Waals surface area contributed by atoms with Crippen LogP contribution in [0.15, 0.2) is 22.7 Å². The summed E-state index contributed by atoms with van der Waals surface area (Å²) in [4.78, 5) is 2.42. The number of halogens is 1. The molecule has 0 radical (unpaired) electrons. The van der Waals surface area contributed by atoms with Crippen molar-refractivity contribution in [3.8, 4) is 5.75 Å². The fraction of sp³-hybridized carbons (Fsp3) is 0.571. The van der Waals surface area contributed by atoms with Crippen LogP contribution in [-0.2, 0) is 11.3 Å². The monoisotopic (exact) mass is 313 g/mol. The topological polar surface area (TPSA) is 21.7 Å². The number of methoxy groups -OCH3 is 1. The molecule has 0 N–H and O–H groups in total. The second-order valence-electron chi connectivity index (χ2n) is 4.57. The summed E-state index contributed by atoms with van der Waals surface area (Å²) in [5.74, 6) is 0.979. The zero-order chi connectivity index (χ0) is 13.0. The predicted molar refractivity (Wildman–Crippen MR) is 76.0 cm³/mol. The Bertz CT molecular complexity index is 397. The van der Waals surface area contributed by atoms with Crippen LogP contribution >= 0.6 is 15.9 Å². The Morgan fingerprint density at radius 2 is 2.28 bits per heavy atom. The summed E-state index contributed by atoms with van der Waals surface area (Å²) in [5.41, 5.74) is 1.25. The fourth-order valence-electron chi connectivity index (χ4n) is 2.32. The standard InChI is InChI=1S/C14H20BrNO2/c1-3-18-14-8-12(15)5-4-11(14)9-16-7-6-13(10-16)17-2/h4-5,8,13H,3,6-7,9-10H2,1-2H3/t13-/m1/s1. The first-order valence-electron chi connectivity index (χ1n) is 6.39. The number of hydrogen-bond donors (Lipinski definition) is 0. The SMILES string of the molecule is CCOc1cc(Br)ccc1CN1CC[C@@H](OC)C1. The molecule has 1 aromatic carbocycles. The van der Waals surface area contributed by atoms with E-state index in [-0.39, 0.29) is 0 Å². The zero-order valence-corrected chi connectivity index (χ0v) is 12.6. The van der Waals surface area contributed by atoms with E-state index in [0.29, 0.717) is 12.7 Å². The molecule has 3 nitrogen and oxygen atoms in total. The molecule has 0 saturated carbocycles. The van der Waals surface area contributed by atoms with E-state index in [1.54, 1.807) is 7.11 Å². The van der Waals surface area contributed by atoms with Gasteiger partial charge in [-0.05, 0) is 25.5 Å². The van der Waals surface area contributed by atoms with Crippen LogP contribution in [0.2, 0.25) is 0 Å². The van der Waals surface area contributed by atoms with Gasteiger partial charge in [-0.15, -0.1) is 0 Å². The third kappa shape index (κ3) is 3.46. The minimum atomic E-state index is 0.385. The molecule has 0 bridgehead atoms. The Morgan fingerprint density at radius 3 is 2.94 bits per heavy atom. The molecular weight excluding hydrogens is 294 g/mol. The van der Waals surface area contributed by atoms with Crippen molar-refractivity contribution in [3.05, 3.63) is 28.2 Å². The van der Waals surface area contributed by atoms with Crippen LogP contribution in [0.25, 0.3) is 0 Å². The van der Waals surface area contributed by atoms with Gasteiger partial charge < -0.3 is 9.47 Å². The predicted octanol–water partition coefficient (Wildman–Crippen LogP) is 3.07. The van der Waals surface area contributed by atoms with Crippen LogP contribution in [-0.4, -0.2) is 37.8 Å². The van der Waals surface area contributed by atoms with Gasteiger partial charge in [0.2, 0.25) is 0 Å². The van der Waals surface area contributed by atoms with Crippen LogP contribution in [0.1, 0.15) is 18.9 Å². The van der Waals surface area contributed by atoms with Gasteiger partial charge in [-0.25, -0.2) is 0 Å². The van der Waals surface area contributed by atoms with E-state index >= 15 is 0 Å². The first kappa shape index (κ1) is 13.8. The molecule has 1 atom stereocenters. The molecule has 0 aromatic heterocycles. The van der Waals surface area contributed by atoms with E-state index < -0.39 is 0 Å². The second kappa shape index (κ2) is 6.55. The number of nitrogens with zero attached hydrogens (tertiary/aromatic N) is 1. The summed E-state index contributed by atoms with van der Waals surface area (Å²) < 4.78 is 12.1. The molecule has 0 unspecified atom stereocenters. The van der Waals surface area contributed by atoms with Gasteiger partial charge in [-0.1, -0.05) is 22.0 Å². The highest BCUT2D eigenvalue weighted by Gasteiger charge is 2.22. The third-order valence-electron chi connectivity index (χ3n) is 3.29. The molecule has 1 aromatic rings. The number of rotatable bonds is 5. The average Bonchev–Trinajstić information content (AvgIpc) is 2.81. The molecule has 1 aliphatic heterocycles. The first-order chi connectivity index (χ1) is 8.72. The maximum absolute atomic E-state index is 5.69. The van der Waals surface area contributed by atoms with Gasteiger partial charge in [-0.3, -0.25) is 4.90 Å². The number of hydrogen-bond acceptors (Lipinski definition) is 3. The van der Waals surface area contributed by atoms with Crippen molar-refractivity contribution in [2.75, 3.05) is 26.8 Å². The lowest BCUT2D eigenvalue weighted by Gasteiger charge is -2.18. The molecule has 18 heavy (non-hydrogen) atoms. The van der Waals surface area contributed by atoms with Gasteiger partial charge >= 0.3 is 0 Å². The Morgan fingerprint density at radius 1 is 1.44 bits per heavy atom. The van der Waals surface area contributed by atoms with Crippen molar-refractivity contribution >= 4 is 15.9 Å². The lowest BCUT2D eigenvalue weighted by atomic mass is 10.2. The lowest BCUT2D eigenvalue weighted by molar-refractivity contribution is 0.107. The van der Waals surface area contributed by atoms with Crippen molar-refractivity contribution in [2.24, 2.45) is 0 Å². The van der Waals surface area contributed by atoms with Gasteiger partial charge in [0.1, 0.15) is 5.75 Å². The van der Waals surface area contributed by atoms with Crippen LogP contribution in [0.5, 0.6) is 5.75 Å². The van der Waals surface area contributed by atoms with Gasteiger partial charge in [-0.2, -0.15) is 0 Å². The Balaban J connectivity index is 2.04. The molecule has 0 amide bonds. The summed E-state index contributed by atoms with van der Waals surface area (Å²) in [5, 5.41) is 0. The summed E-state index contributed by atoms with van der Waals surface area (Å²) in [7, 11) is 1.79. The molecule has 4 heteroatoms. The molecule has 1 saturated heterocycles. The number of ether oxygens (including phenoxy) is 2. The Labute approximate surface area is 117 Å². The minimum absolute atomic E-state index is 0.385. The van der Waals surface area contributed by atoms with E-state index in [9.17, 15) is 0 Å². The van der Waals surface area contributed by atoms with Crippen molar-refractivity contribution in [1.82, 2.24) is 4.90 Å². The van der Waals surface area contributed by atoms with Gasteiger partial charge in [0.05, 0.1) is 12.7 Å². The number of likely N-dealkylation sites (tertiary alicyclic amines) is 1. The van der Waals surface area contributed by atoms with Crippen LogP contribution in [0, 0.1) is 0 Å². The molecule has 0 spiro atoms. The summed E-state index contributed by atoms with van der Waals surface area (Å²) >= 11 is 3.49. The Kier molecular flexibility index (Phi) is 5.03. The van der Waals surface area contributed by atoms with Crippen molar-refractivity contribution in [1.29, 1.82) is 0 Å². The smallest absolute Gasteiger partial charge is 0.124 e. The fourth-order valence-corrected chi connectivity index (χ4v) is 2.66. The van der Waals surface area contributed by atoms with Crippen LogP contribution in [0.4, 0.5) is 0 Å². The highest BCUT2D eigenvalue weighted by molar-refractivity contribution is 9.10. The molecule has 1 fully saturated rings. The van der Waals surface area contributed by atoms with Crippen LogP contribution in [0.3, 0.4) is 0 Å². The quantitative estimate of drug-likeness (QED) is 0.834. The summed E-state index contributed by atoms with van der Waals surface area (Å²) in [6, 6.07) is 6.25. The second-order valence-corrected chi connectivity index (χ2v) is 5.48. The molecule has 1 heterocycles. The van der Waals surface area contributed by atoms with Gasteiger partial charge in [0.25, 0.3) is 0 Å². The van der Waals surface area contributed by atoms with E-state index in [2.05, 4.69) is 33.0 Å². The van der Waals surface area contributed by atoms with Crippen LogP contribution < -0.4 is 4.74 Å². The average molecular weight is 314 g/mol. The molecule has 0 aliphatic carbocycles. The molecule has 2 rings (SSSR count). The highest BCUT2D eigenvalue weighted by atomic mass is 79.9. The summed E-state index contributed by atoms with van der Waals surface area (Å²) in [6.07, 6.45) is 1.51. The highest BCUT2D eigenvalue weighted by Crippen LogP contribution is 2.26. The van der Waals surface area contributed by atoms with E-state index in [1.165, 1.54) is 5.56 Å². The third-order valence-corrected chi connectivity index (χ3v) is 3.78. The minimum Gasteiger partial charge on any atom is -0.494 e. The van der Waals surface area contributed by atoms with Gasteiger partial charge in [0, 0.05) is 36.8 Å². The molecule has 1 aliphatic rings. The summed E-state index contributed by atoms with van der Waals surface area (Å²) in [6.45, 7) is 5.76. The van der Waals surface area contributed by atoms with Gasteiger partial charge in [0.15, 0.2) is 0 Å². The van der Waals surface area contributed by atoms with E-state index in [0.717, 1.165) is 36.3 Å². The van der Waals surface area contributed by atoms with Crippen molar-refractivity contribution in [2.45, 2.75) is 26.0 Å². The maximum Gasteiger partial charge on any atom is 0.124 e. The largest absolute Gasteiger partial charge is 0.494 e. The molecular formula is C14H20BrNO2. The normalized spacial score (nSPS) is 20.3. The van der Waals surface area contributed by atoms with E-state index in [4.69, 9.17) is 9.47 Å². The Hall–Kier alpha value is -0.580. The van der Waals surface area contributed by atoms with E-state index in [1.807, 2.05) is 13.0 Å². The lowest BCUT2D eigenvalue weighted by Crippen LogP contribution is -2.22. The molecule has 100 valence electrons. The van der Waals surface area contributed by atoms with Crippen molar-refractivity contribution < 1.29 is 9.47 Å². The zero-order valence-electron chi connectivity index (χ0n) is 11.0.